The van der Waals surface area contributed by atoms with Gasteiger partial charge in [0.15, 0.2) is 0 Å². The van der Waals surface area contributed by atoms with Gasteiger partial charge in [0.05, 0.1) is 17.3 Å². The van der Waals surface area contributed by atoms with E-state index in [-0.39, 0.29) is 0 Å². The fourth-order valence-corrected chi connectivity index (χ4v) is 1.60. The number of anilines is 1. The Labute approximate surface area is 98.2 Å². The molecule has 0 amide bonds. The first kappa shape index (κ1) is 10.9. The third-order valence-electron chi connectivity index (χ3n) is 2.25. The SMILES string of the molecule is Cc1nn(Cc2cccnc2NN)cc1Cl. The smallest absolute Gasteiger partial charge is 0.144 e. The fraction of sp³-hybridized carbons (Fsp3) is 0.200. The van der Waals surface area contributed by atoms with E-state index >= 15 is 0 Å². The van der Waals surface area contributed by atoms with Gasteiger partial charge in [-0.25, -0.2) is 10.8 Å². The Morgan fingerprint density at radius 2 is 2.38 bits per heavy atom. The lowest BCUT2D eigenvalue weighted by molar-refractivity contribution is 0.678. The molecule has 2 aromatic rings. The first-order valence-corrected chi connectivity index (χ1v) is 5.18. The van der Waals surface area contributed by atoms with E-state index in [2.05, 4.69) is 15.5 Å². The molecule has 84 valence electrons. The Balaban J connectivity index is 2.26. The van der Waals surface area contributed by atoms with Crippen LogP contribution < -0.4 is 11.3 Å². The Kier molecular flexibility index (Phi) is 3.07. The predicted octanol–water partition coefficient (Wildman–Crippen LogP) is 1.57. The molecule has 2 aromatic heterocycles. The quantitative estimate of drug-likeness (QED) is 0.628. The minimum Gasteiger partial charge on any atom is -0.308 e. The van der Waals surface area contributed by atoms with Crippen LogP contribution in [0, 0.1) is 6.92 Å². The molecule has 0 atom stereocenters. The van der Waals surface area contributed by atoms with E-state index in [1.165, 1.54) is 0 Å². The van der Waals surface area contributed by atoms with Crippen LogP contribution in [0.3, 0.4) is 0 Å². The summed E-state index contributed by atoms with van der Waals surface area (Å²) < 4.78 is 1.76. The number of pyridine rings is 1. The number of nitrogens with two attached hydrogens (primary N) is 1. The van der Waals surface area contributed by atoms with Crippen LogP contribution in [0.15, 0.2) is 24.5 Å². The molecule has 16 heavy (non-hydrogen) atoms. The van der Waals surface area contributed by atoms with Crippen LogP contribution in [0.25, 0.3) is 0 Å². The predicted molar refractivity (Wildman–Crippen MR) is 63.1 cm³/mol. The third-order valence-corrected chi connectivity index (χ3v) is 2.62. The van der Waals surface area contributed by atoms with Gasteiger partial charge in [-0.1, -0.05) is 17.7 Å². The molecule has 0 bridgehead atoms. The molecular weight excluding hydrogens is 226 g/mol. The highest BCUT2D eigenvalue weighted by Gasteiger charge is 2.05. The molecule has 0 radical (unpaired) electrons. The Hall–Kier alpha value is -1.59. The van der Waals surface area contributed by atoms with Gasteiger partial charge in [0, 0.05) is 18.0 Å². The molecule has 0 aliphatic heterocycles. The molecule has 3 N–H and O–H groups in total. The summed E-state index contributed by atoms with van der Waals surface area (Å²) in [4.78, 5) is 4.11. The maximum absolute atomic E-state index is 5.93. The normalized spacial score (nSPS) is 10.4. The lowest BCUT2D eigenvalue weighted by Gasteiger charge is -2.06. The van der Waals surface area contributed by atoms with E-state index in [1.54, 1.807) is 17.1 Å². The number of nitrogen functional groups attached to an aromatic ring is 1. The van der Waals surface area contributed by atoms with Crippen LogP contribution in [-0.4, -0.2) is 14.8 Å². The van der Waals surface area contributed by atoms with Gasteiger partial charge in [-0.3, -0.25) is 4.68 Å². The van der Waals surface area contributed by atoms with E-state index in [4.69, 9.17) is 17.4 Å². The van der Waals surface area contributed by atoms with Crippen LogP contribution in [-0.2, 0) is 6.54 Å². The standard InChI is InChI=1S/C10H12ClN5/c1-7-9(11)6-16(15-7)5-8-3-2-4-13-10(8)14-12/h2-4,6H,5,12H2,1H3,(H,13,14). The Morgan fingerprint density at radius 1 is 1.56 bits per heavy atom. The number of hydrogen-bond donors (Lipinski definition) is 2. The molecule has 5 nitrogen and oxygen atoms in total. The van der Waals surface area contributed by atoms with Gasteiger partial charge in [0.1, 0.15) is 5.82 Å². The molecule has 2 rings (SSSR count). The minimum atomic E-state index is 0.584. The summed E-state index contributed by atoms with van der Waals surface area (Å²) in [6.07, 6.45) is 3.46. The first-order chi connectivity index (χ1) is 7.70. The van der Waals surface area contributed by atoms with E-state index in [1.807, 2.05) is 19.1 Å². The number of nitrogens with zero attached hydrogens (tertiary/aromatic N) is 3. The highest BCUT2D eigenvalue weighted by molar-refractivity contribution is 6.31. The number of nitrogens with one attached hydrogen (secondary N) is 1. The van der Waals surface area contributed by atoms with Crippen molar-refractivity contribution < 1.29 is 0 Å². The zero-order valence-electron chi connectivity index (χ0n) is 8.81. The third kappa shape index (κ3) is 2.15. The van der Waals surface area contributed by atoms with Crippen molar-refractivity contribution in [2.24, 2.45) is 5.84 Å². The monoisotopic (exact) mass is 237 g/mol. The minimum absolute atomic E-state index is 0.584. The summed E-state index contributed by atoms with van der Waals surface area (Å²) in [6, 6.07) is 3.79. The Bertz CT molecular complexity index is 474. The number of hydrazine groups is 1. The number of aromatic nitrogens is 3. The number of aryl methyl sites for hydroxylation is 1. The zero-order chi connectivity index (χ0) is 11.5. The molecule has 0 saturated carbocycles. The largest absolute Gasteiger partial charge is 0.308 e. The summed E-state index contributed by atoms with van der Waals surface area (Å²) in [5.74, 6) is 6.02. The molecule has 6 heteroatoms. The van der Waals surface area contributed by atoms with Crippen molar-refractivity contribution in [3.8, 4) is 0 Å². The number of hydrogen-bond acceptors (Lipinski definition) is 4. The fourth-order valence-electron chi connectivity index (χ4n) is 1.45. The van der Waals surface area contributed by atoms with Crippen molar-refractivity contribution in [1.82, 2.24) is 14.8 Å². The number of halogens is 1. The molecule has 2 heterocycles. The van der Waals surface area contributed by atoms with Crippen LogP contribution in [0.2, 0.25) is 5.02 Å². The van der Waals surface area contributed by atoms with Crippen molar-refractivity contribution in [2.75, 3.05) is 5.43 Å². The Morgan fingerprint density at radius 3 is 3.00 bits per heavy atom. The lowest BCUT2D eigenvalue weighted by atomic mass is 10.2. The van der Waals surface area contributed by atoms with Gasteiger partial charge in [0.25, 0.3) is 0 Å². The van der Waals surface area contributed by atoms with Gasteiger partial charge in [-0.05, 0) is 13.0 Å². The first-order valence-electron chi connectivity index (χ1n) is 4.81. The molecule has 0 spiro atoms. The summed E-state index contributed by atoms with van der Waals surface area (Å²) in [5, 5.41) is 4.93. The molecular formula is C10H12ClN5. The van der Waals surface area contributed by atoms with E-state index in [9.17, 15) is 0 Å². The summed E-state index contributed by atoms with van der Waals surface area (Å²) in [6.45, 7) is 2.45. The number of rotatable bonds is 3. The average Bonchev–Trinajstić information content (AvgIpc) is 2.59. The van der Waals surface area contributed by atoms with Crippen molar-refractivity contribution in [3.05, 3.63) is 40.8 Å². The van der Waals surface area contributed by atoms with E-state index in [0.29, 0.717) is 17.4 Å². The molecule has 0 unspecified atom stereocenters. The molecule has 0 fully saturated rings. The van der Waals surface area contributed by atoms with Gasteiger partial charge >= 0.3 is 0 Å². The van der Waals surface area contributed by atoms with Gasteiger partial charge < -0.3 is 5.43 Å². The van der Waals surface area contributed by atoms with Gasteiger partial charge in [-0.15, -0.1) is 0 Å². The second-order valence-corrected chi connectivity index (χ2v) is 3.82. The molecule has 0 aromatic carbocycles. The van der Waals surface area contributed by atoms with Crippen molar-refractivity contribution in [3.63, 3.8) is 0 Å². The van der Waals surface area contributed by atoms with Crippen molar-refractivity contribution in [2.45, 2.75) is 13.5 Å². The van der Waals surface area contributed by atoms with E-state index < -0.39 is 0 Å². The van der Waals surface area contributed by atoms with E-state index in [0.717, 1.165) is 11.3 Å². The highest BCUT2D eigenvalue weighted by Crippen LogP contribution is 2.15. The second-order valence-electron chi connectivity index (χ2n) is 3.42. The molecule has 0 aliphatic rings. The van der Waals surface area contributed by atoms with Crippen LogP contribution >= 0.6 is 11.6 Å². The van der Waals surface area contributed by atoms with Crippen LogP contribution in [0.5, 0.6) is 0 Å². The van der Waals surface area contributed by atoms with Gasteiger partial charge in [-0.2, -0.15) is 5.10 Å². The average molecular weight is 238 g/mol. The van der Waals surface area contributed by atoms with Crippen LogP contribution in [0.4, 0.5) is 5.82 Å². The molecule has 0 saturated heterocycles. The molecule has 0 aliphatic carbocycles. The summed E-state index contributed by atoms with van der Waals surface area (Å²) in [7, 11) is 0. The maximum Gasteiger partial charge on any atom is 0.144 e. The highest BCUT2D eigenvalue weighted by atomic mass is 35.5. The summed E-state index contributed by atoms with van der Waals surface area (Å²) in [5.41, 5.74) is 4.33. The maximum atomic E-state index is 5.93. The zero-order valence-corrected chi connectivity index (χ0v) is 9.57. The second kappa shape index (κ2) is 4.51. The van der Waals surface area contributed by atoms with Crippen molar-refractivity contribution in [1.29, 1.82) is 0 Å². The lowest BCUT2D eigenvalue weighted by Crippen LogP contribution is -2.12. The van der Waals surface area contributed by atoms with Crippen LogP contribution in [0.1, 0.15) is 11.3 Å². The summed E-state index contributed by atoms with van der Waals surface area (Å²) >= 11 is 5.93. The van der Waals surface area contributed by atoms with Gasteiger partial charge in [0.2, 0.25) is 0 Å². The van der Waals surface area contributed by atoms with Crippen molar-refractivity contribution >= 4 is 17.4 Å². The topological polar surface area (TPSA) is 68.8 Å².